The van der Waals surface area contributed by atoms with Crippen molar-refractivity contribution in [1.82, 2.24) is 14.8 Å². The smallest absolute Gasteiger partial charge is 0.318 e. The number of benzene rings is 2. The molecule has 2 amide bonds. The summed E-state index contributed by atoms with van der Waals surface area (Å²) in [7, 11) is 0. The van der Waals surface area contributed by atoms with Crippen LogP contribution in [-0.2, 0) is 13.0 Å². The van der Waals surface area contributed by atoms with Crippen molar-refractivity contribution in [3.63, 3.8) is 0 Å². The summed E-state index contributed by atoms with van der Waals surface area (Å²) in [6.07, 6.45) is 2.93. The molecule has 1 N–H and O–H groups in total. The van der Waals surface area contributed by atoms with Crippen LogP contribution >= 0.6 is 0 Å². The number of amides is 2. The van der Waals surface area contributed by atoms with E-state index in [2.05, 4.69) is 52.5 Å². The second-order valence-electron chi connectivity index (χ2n) is 6.60. The zero-order chi connectivity index (χ0) is 17.8. The Balaban J connectivity index is 1.50. The first-order valence-electron chi connectivity index (χ1n) is 9.11. The number of nitrogens with zero attached hydrogens (tertiary/aromatic N) is 2. The summed E-state index contributed by atoms with van der Waals surface area (Å²) in [5.41, 5.74) is 3.55. The number of nitrogens with one attached hydrogen (secondary N) is 1. The molecule has 1 unspecified atom stereocenters. The van der Waals surface area contributed by atoms with Crippen molar-refractivity contribution in [2.45, 2.75) is 19.0 Å². The highest BCUT2D eigenvalue weighted by atomic mass is 16.2. The third-order valence-electron chi connectivity index (χ3n) is 4.95. The average molecular weight is 345 g/mol. The van der Waals surface area contributed by atoms with Crippen LogP contribution in [0.1, 0.15) is 22.9 Å². The number of hydrogen-bond acceptors (Lipinski definition) is 1. The summed E-state index contributed by atoms with van der Waals surface area (Å²) in [5.74, 6) is 0. The summed E-state index contributed by atoms with van der Waals surface area (Å²) >= 11 is 0. The van der Waals surface area contributed by atoms with Gasteiger partial charge >= 0.3 is 6.03 Å². The molecule has 0 saturated heterocycles. The Hall–Kier alpha value is -3.01. The second-order valence-corrected chi connectivity index (χ2v) is 6.60. The van der Waals surface area contributed by atoms with E-state index in [1.807, 2.05) is 41.3 Å². The lowest BCUT2D eigenvalue weighted by molar-refractivity contribution is 0.169. The lowest BCUT2D eigenvalue weighted by Gasteiger charge is -2.37. The molecule has 0 aliphatic carbocycles. The molecular formula is C22H23N3O. The van der Waals surface area contributed by atoms with Crippen LogP contribution in [0.2, 0.25) is 0 Å². The van der Waals surface area contributed by atoms with Gasteiger partial charge in [-0.05, 0) is 29.7 Å². The molecule has 1 aromatic heterocycles. The van der Waals surface area contributed by atoms with Gasteiger partial charge < -0.3 is 14.8 Å². The van der Waals surface area contributed by atoms with Crippen molar-refractivity contribution >= 4 is 6.03 Å². The van der Waals surface area contributed by atoms with Gasteiger partial charge in [0.1, 0.15) is 0 Å². The topological polar surface area (TPSA) is 37.3 Å². The predicted octanol–water partition coefficient (Wildman–Crippen LogP) is 3.85. The zero-order valence-electron chi connectivity index (χ0n) is 14.7. The monoisotopic (exact) mass is 345 g/mol. The van der Waals surface area contributed by atoms with Gasteiger partial charge in [0.15, 0.2) is 0 Å². The zero-order valence-corrected chi connectivity index (χ0v) is 14.7. The SMILES string of the molecule is O=C(NCCc1ccccc1)N1CCn2cccc2C1c1ccccc1. The molecule has 2 heterocycles. The van der Waals surface area contributed by atoms with E-state index in [1.54, 1.807) is 0 Å². The third-order valence-corrected chi connectivity index (χ3v) is 4.95. The van der Waals surface area contributed by atoms with Crippen molar-refractivity contribution in [1.29, 1.82) is 0 Å². The van der Waals surface area contributed by atoms with Gasteiger partial charge in [-0.15, -0.1) is 0 Å². The summed E-state index contributed by atoms with van der Waals surface area (Å²) in [6, 6.07) is 24.6. The minimum absolute atomic E-state index is 0.00207. The number of hydrogen-bond donors (Lipinski definition) is 1. The first-order chi connectivity index (χ1) is 12.8. The van der Waals surface area contributed by atoms with Crippen molar-refractivity contribution in [2.75, 3.05) is 13.1 Å². The maximum atomic E-state index is 12.9. The van der Waals surface area contributed by atoms with Gasteiger partial charge in [-0.3, -0.25) is 0 Å². The number of fused-ring (bicyclic) bond motifs is 1. The Bertz CT molecular complexity index is 857. The van der Waals surface area contributed by atoms with Crippen LogP contribution in [0, 0.1) is 0 Å². The number of carbonyl (C=O) groups excluding carboxylic acids is 1. The highest BCUT2D eigenvalue weighted by molar-refractivity contribution is 5.75. The van der Waals surface area contributed by atoms with Crippen molar-refractivity contribution in [2.24, 2.45) is 0 Å². The summed E-state index contributed by atoms with van der Waals surface area (Å²) in [6.45, 7) is 2.18. The maximum Gasteiger partial charge on any atom is 0.318 e. The van der Waals surface area contributed by atoms with Crippen LogP contribution in [0.15, 0.2) is 79.0 Å². The van der Waals surface area contributed by atoms with Gasteiger partial charge in [0, 0.05) is 31.5 Å². The van der Waals surface area contributed by atoms with E-state index >= 15 is 0 Å². The minimum atomic E-state index is -0.0447. The van der Waals surface area contributed by atoms with E-state index < -0.39 is 0 Å². The van der Waals surface area contributed by atoms with E-state index in [1.165, 1.54) is 11.3 Å². The van der Waals surface area contributed by atoms with Gasteiger partial charge in [-0.25, -0.2) is 4.79 Å². The Kier molecular flexibility index (Phi) is 4.73. The Labute approximate surface area is 154 Å². The number of rotatable bonds is 4. The van der Waals surface area contributed by atoms with Gasteiger partial charge in [-0.2, -0.15) is 0 Å². The molecule has 0 radical (unpaired) electrons. The van der Waals surface area contributed by atoms with Gasteiger partial charge in [0.05, 0.1) is 6.04 Å². The average Bonchev–Trinajstić information content (AvgIpc) is 3.17. The third kappa shape index (κ3) is 3.36. The molecule has 0 fully saturated rings. The fraction of sp³-hybridized carbons (Fsp3) is 0.227. The van der Waals surface area contributed by atoms with E-state index in [-0.39, 0.29) is 12.1 Å². The highest BCUT2D eigenvalue weighted by Crippen LogP contribution is 2.32. The molecule has 0 saturated carbocycles. The molecule has 1 aliphatic rings. The van der Waals surface area contributed by atoms with Crippen molar-refractivity contribution < 1.29 is 4.79 Å². The van der Waals surface area contributed by atoms with E-state index in [4.69, 9.17) is 0 Å². The second kappa shape index (κ2) is 7.48. The molecule has 0 bridgehead atoms. The van der Waals surface area contributed by atoms with E-state index in [0.717, 1.165) is 18.5 Å². The first-order valence-corrected chi connectivity index (χ1v) is 9.11. The van der Waals surface area contributed by atoms with Crippen LogP contribution in [-0.4, -0.2) is 28.6 Å². The molecular weight excluding hydrogens is 322 g/mol. The van der Waals surface area contributed by atoms with Gasteiger partial charge in [0.2, 0.25) is 0 Å². The van der Waals surface area contributed by atoms with Crippen LogP contribution < -0.4 is 5.32 Å². The van der Waals surface area contributed by atoms with Crippen molar-refractivity contribution in [3.8, 4) is 0 Å². The van der Waals surface area contributed by atoms with Crippen LogP contribution in [0.5, 0.6) is 0 Å². The van der Waals surface area contributed by atoms with Crippen molar-refractivity contribution in [3.05, 3.63) is 95.8 Å². The quantitative estimate of drug-likeness (QED) is 0.766. The van der Waals surface area contributed by atoms with Gasteiger partial charge in [-0.1, -0.05) is 60.7 Å². The molecule has 1 aliphatic heterocycles. The summed E-state index contributed by atoms with van der Waals surface area (Å²) in [4.78, 5) is 14.9. The van der Waals surface area contributed by atoms with E-state index in [9.17, 15) is 4.79 Å². The minimum Gasteiger partial charge on any atom is -0.348 e. The fourth-order valence-electron chi connectivity index (χ4n) is 3.65. The maximum absolute atomic E-state index is 12.9. The number of urea groups is 1. The number of aromatic nitrogens is 1. The molecule has 2 aromatic carbocycles. The Morgan fingerprint density at radius 3 is 2.42 bits per heavy atom. The van der Waals surface area contributed by atoms with Crippen LogP contribution in [0.25, 0.3) is 0 Å². The molecule has 4 rings (SSSR count). The summed E-state index contributed by atoms with van der Waals surface area (Å²) in [5, 5.41) is 3.10. The molecule has 3 aromatic rings. The van der Waals surface area contributed by atoms with Gasteiger partial charge in [0.25, 0.3) is 0 Å². The lowest BCUT2D eigenvalue weighted by atomic mass is 10.0. The lowest BCUT2D eigenvalue weighted by Crippen LogP contribution is -2.47. The molecule has 4 nitrogen and oxygen atoms in total. The number of carbonyl (C=O) groups is 1. The van der Waals surface area contributed by atoms with Crippen LogP contribution in [0.3, 0.4) is 0 Å². The summed E-state index contributed by atoms with van der Waals surface area (Å²) < 4.78 is 2.24. The molecule has 132 valence electrons. The Morgan fingerprint density at radius 2 is 1.65 bits per heavy atom. The first kappa shape index (κ1) is 16.5. The normalized spacial score (nSPS) is 16.2. The molecule has 4 heteroatoms. The standard InChI is InChI=1S/C22H23N3O/c26-22(23-14-13-18-8-3-1-4-9-18)25-17-16-24-15-7-12-20(24)21(25)19-10-5-2-6-11-19/h1-12,15,21H,13-14,16-17H2,(H,23,26). The van der Waals surface area contributed by atoms with Crippen LogP contribution in [0.4, 0.5) is 4.79 Å². The largest absolute Gasteiger partial charge is 0.348 e. The molecule has 26 heavy (non-hydrogen) atoms. The Morgan fingerprint density at radius 1 is 0.923 bits per heavy atom. The molecule has 0 spiro atoms. The highest BCUT2D eigenvalue weighted by Gasteiger charge is 2.31. The molecule has 1 atom stereocenters. The predicted molar refractivity (Wildman–Crippen MR) is 103 cm³/mol. The fourth-order valence-corrected chi connectivity index (χ4v) is 3.65. The van der Waals surface area contributed by atoms with E-state index in [0.29, 0.717) is 13.1 Å².